The zero-order valence-electron chi connectivity index (χ0n) is 12.3. The zero-order valence-corrected chi connectivity index (χ0v) is 12.3. The fourth-order valence-corrected chi connectivity index (χ4v) is 2.41. The van der Waals surface area contributed by atoms with E-state index in [1.54, 1.807) is 11.8 Å². The first-order chi connectivity index (χ1) is 10.2. The third-order valence-corrected chi connectivity index (χ3v) is 3.50. The SMILES string of the molecule is CCOC(=O)[C@@H]1CCCN(C(=O)COc2ccccc2)C1. The second kappa shape index (κ2) is 7.67. The quantitative estimate of drug-likeness (QED) is 0.777. The van der Waals surface area contributed by atoms with Crippen LogP contribution in [0.5, 0.6) is 5.75 Å². The summed E-state index contributed by atoms with van der Waals surface area (Å²) >= 11 is 0. The summed E-state index contributed by atoms with van der Waals surface area (Å²) in [5, 5.41) is 0. The number of carbonyl (C=O) groups is 2. The zero-order chi connectivity index (χ0) is 15.1. The lowest BCUT2D eigenvalue weighted by atomic mass is 9.98. The lowest BCUT2D eigenvalue weighted by Crippen LogP contribution is -2.44. The van der Waals surface area contributed by atoms with Crippen molar-refractivity contribution in [3.05, 3.63) is 30.3 Å². The van der Waals surface area contributed by atoms with Crippen LogP contribution in [0.2, 0.25) is 0 Å². The van der Waals surface area contributed by atoms with E-state index >= 15 is 0 Å². The number of likely N-dealkylation sites (tertiary alicyclic amines) is 1. The number of carbonyl (C=O) groups excluding carboxylic acids is 2. The molecule has 0 radical (unpaired) electrons. The van der Waals surface area contributed by atoms with Crippen LogP contribution in [-0.2, 0) is 14.3 Å². The van der Waals surface area contributed by atoms with Crippen molar-refractivity contribution >= 4 is 11.9 Å². The maximum atomic E-state index is 12.1. The number of benzene rings is 1. The fraction of sp³-hybridized carbons (Fsp3) is 0.500. The van der Waals surface area contributed by atoms with Crippen molar-refractivity contribution in [3.8, 4) is 5.75 Å². The van der Waals surface area contributed by atoms with E-state index in [4.69, 9.17) is 9.47 Å². The molecule has 1 aromatic rings. The summed E-state index contributed by atoms with van der Waals surface area (Å²) in [6.45, 7) is 3.26. The lowest BCUT2D eigenvalue weighted by molar-refractivity contribution is -0.151. The largest absolute Gasteiger partial charge is 0.484 e. The average Bonchev–Trinajstić information content (AvgIpc) is 2.54. The molecule has 114 valence electrons. The highest BCUT2D eigenvalue weighted by Crippen LogP contribution is 2.18. The molecule has 1 saturated heterocycles. The van der Waals surface area contributed by atoms with Gasteiger partial charge in [-0.2, -0.15) is 0 Å². The van der Waals surface area contributed by atoms with Crippen LogP contribution >= 0.6 is 0 Å². The molecular weight excluding hydrogens is 270 g/mol. The van der Waals surface area contributed by atoms with Crippen LogP contribution in [0.25, 0.3) is 0 Å². The van der Waals surface area contributed by atoms with Crippen LogP contribution in [0.15, 0.2) is 30.3 Å². The van der Waals surface area contributed by atoms with Crippen LogP contribution in [0.3, 0.4) is 0 Å². The maximum absolute atomic E-state index is 12.1. The Morgan fingerprint density at radius 1 is 1.29 bits per heavy atom. The van der Waals surface area contributed by atoms with Crippen molar-refractivity contribution in [2.75, 3.05) is 26.3 Å². The monoisotopic (exact) mass is 291 g/mol. The molecule has 0 bridgehead atoms. The van der Waals surface area contributed by atoms with Crippen molar-refractivity contribution in [3.63, 3.8) is 0 Å². The summed E-state index contributed by atoms with van der Waals surface area (Å²) < 4.78 is 10.5. The van der Waals surface area contributed by atoms with Gasteiger partial charge in [0.25, 0.3) is 5.91 Å². The minimum atomic E-state index is -0.209. The molecule has 2 rings (SSSR count). The van der Waals surface area contributed by atoms with Crippen molar-refractivity contribution in [2.24, 2.45) is 5.92 Å². The van der Waals surface area contributed by atoms with Crippen molar-refractivity contribution < 1.29 is 19.1 Å². The highest BCUT2D eigenvalue weighted by atomic mass is 16.5. The van der Waals surface area contributed by atoms with Crippen LogP contribution in [-0.4, -0.2) is 43.1 Å². The highest BCUT2D eigenvalue weighted by molar-refractivity contribution is 5.79. The van der Waals surface area contributed by atoms with Gasteiger partial charge in [0.1, 0.15) is 5.75 Å². The highest BCUT2D eigenvalue weighted by Gasteiger charge is 2.29. The van der Waals surface area contributed by atoms with Gasteiger partial charge in [-0.15, -0.1) is 0 Å². The van der Waals surface area contributed by atoms with Gasteiger partial charge in [-0.25, -0.2) is 0 Å². The minimum absolute atomic E-state index is 0.000438. The minimum Gasteiger partial charge on any atom is -0.484 e. The first kappa shape index (κ1) is 15.4. The van der Waals surface area contributed by atoms with Crippen LogP contribution in [0.4, 0.5) is 0 Å². The van der Waals surface area contributed by atoms with Crippen LogP contribution in [0.1, 0.15) is 19.8 Å². The van der Waals surface area contributed by atoms with Crippen molar-refractivity contribution in [1.82, 2.24) is 4.90 Å². The lowest BCUT2D eigenvalue weighted by Gasteiger charge is -2.31. The van der Waals surface area contributed by atoms with Crippen molar-refractivity contribution in [1.29, 1.82) is 0 Å². The molecule has 1 aliphatic rings. The first-order valence-corrected chi connectivity index (χ1v) is 7.33. The Balaban J connectivity index is 1.83. The summed E-state index contributed by atoms with van der Waals surface area (Å²) in [5.41, 5.74) is 0. The summed E-state index contributed by atoms with van der Waals surface area (Å²) in [6.07, 6.45) is 1.60. The van der Waals surface area contributed by atoms with E-state index in [9.17, 15) is 9.59 Å². The summed E-state index contributed by atoms with van der Waals surface area (Å²) in [4.78, 5) is 25.6. The van der Waals surface area contributed by atoms with E-state index in [-0.39, 0.29) is 24.4 Å². The van der Waals surface area contributed by atoms with Gasteiger partial charge < -0.3 is 14.4 Å². The number of rotatable bonds is 5. The summed E-state index contributed by atoms with van der Waals surface area (Å²) in [5.74, 6) is 0.163. The predicted molar refractivity (Wildman–Crippen MR) is 77.9 cm³/mol. The molecule has 5 heteroatoms. The number of ether oxygens (including phenoxy) is 2. The Morgan fingerprint density at radius 2 is 2.05 bits per heavy atom. The number of hydrogen-bond donors (Lipinski definition) is 0. The number of hydrogen-bond acceptors (Lipinski definition) is 4. The molecule has 0 aromatic heterocycles. The Morgan fingerprint density at radius 3 is 2.76 bits per heavy atom. The van der Waals surface area contributed by atoms with Gasteiger partial charge in [0.2, 0.25) is 0 Å². The van der Waals surface area contributed by atoms with E-state index in [0.29, 0.717) is 25.4 Å². The molecule has 1 fully saturated rings. The average molecular weight is 291 g/mol. The number of piperidine rings is 1. The summed E-state index contributed by atoms with van der Waals surface area (Å²) in [7, 11) is 0. The normalized spacial score (nSPS) is 18.1. The molecule has 0 unspecified atom stereocenters. The molecule has 5 nitrogen and oxygen atoms in total. The van der Waals surface area contributed by atoms with Gasteiger partial charge in [0.05, 0.1) is 12.5 Å². The van der Waals surface area contributed by atoms with Gasteiger partial charge in [-0.3, -0.25) is 9.59 Å². The molecule has 1 atom stereocenters. The topological polar surface area (TPSA) is 55.8 Å². The Labute approximate surface area is 124 Å². The Hall–Kier alpha value is -2.04. The Bertz CT molecular complexity index is 474. The second-order valence-electron chi connectivity index (χ2n) is 5.03. The predicted octanol–water partition coefficient (Wildman–Crippen LogP) is 1.87. The molecule has 21 heavy (non-hydrogen) atoms. The Kier molecular flexibility index (Phi) is 5.60. The fourth-order valence-electron chi connectivity index (χ4n) is 2.41. The molecule has 1 aliphatic heterocycles. The van der Waals surface area contributed by atoms with Gasteiger partial charge in [-0.1, -0.05) is 18.2 Å². The van der Waals surface area contributed by atoms with Crippen molar-refractivity contribution in [2.45, 2.75) is 19.8 Å². The maximum Gasteiger partial charge on any atom is 0.310 e. The number of amides is 1. The molecule has 1 amide bonds. The standard InChI is InChI=1S/C16H21NO4/c1-2-20-16(19)13-7-6-10-17(11-13)15(18)12-21-14-8-4-3-5-9-14/h3-5,8-9,13H,2,6-7,10-12H2,1H3/t13-/m1/s1. The third-order valence-electron chi connectivity index (χ3n) is 3.50. The molecule has 1 heterocycles. The molecule has 0 saturated carbocycles. The van der Waals surface area contributed by atoms with E-state index in [1.165, 1.54) is 0 Å². The summed E-state index contributed by atoms with van der Waals surface area (Å²) in [6, 6.07) is 9.23. The van der Waals surface area contributed by atoms with Crippen LogP contribution in [0, 0.1) is 5.92 Å². The smallest absolute Gasteiger partial charge is 0.310 e. The molecule has 0 N–H and O–H groups in total. The number of esters is 1. The molecule has 0 aliphatic carbocycles. The van der Waals surface area contributed by atoms with Gasteiger partial charge >= 0.3 is 5.97 Å². The third kappa shape index (κ3) is 4.48. The first-order valence-electron chi connectivity index (χ1n) is 7.33. The van der Waals surface area contributed by atoms with E-state index in [0.717, 1.165) is 12.8 Å². The number of nitrogens with zero attached hydrogens (tertiary/aromatic N) is 1. The van der Waals surface area contributed by atoms with E-state index in [1.807, 2.05) is 30.3 Å². The van der Waals surface area contributed by atoms with Gasteiger partial charge in [-0.05, 0) is 31.9 Å². The van der Waals surface area contributed by atoms with E-state index in [2.05, 4.69) is 0 Å². The van der Waals surface area contributed by atoms with Crippen LogP contribution < -0.4 is 4.74 Å². The number of para-hydroxylation sites is 1. The molecular formula is C16H21NO4. The van der Waals surface area contributed by atoms with E-state index < -0.39 is 0 Å². The molecule has 1 aromatic carbocycles. The van der Waals surface area contributed by atoms with Gasteiger partial charge in [0, 0.05) is 13.1 Å². The van der Waals surface area contributed by atoms with Gasteiger partial charge in [0.15, 0.2) is 6.61 Å². The second-order valence-corrected chi connectivity index (χ2v) is 5.03. The molecule has 0 spiro atoms.